The minimum absolute atomic E-state index is 0.0284. The Bertz CT molecular complexity index is 364. The summed E-state index contributed by atoms with van der Waals surface area (Å²) < 4.78 is 13.4. The molecule has 1 unspecified atom stereocenters. The lowest BCUT2D eigenvalue weighted by molar-refractivity contribution is -0.245. The van der Waals surface area contributed by atoms with Gasteiger partial charge in [-0.25, -0.2) is 9.18 Å². The summed E-state index contributed by atoms with van der Waals surface area (Å²) in [4.78, 5) is 22.8. The molecule has 3 saturated carbocycles. The van der Waals surface area contributed by atoms with Crippen molar-refractivity contribution in [3.05, 3.63) is 0 Å². The molecule has 4 aliphatic rings. The Labute approximate surface area is 85.6 Å². The van der Waals surface area contributed by atoms with Crippen LogP contribution in [0.15, 0.2) is 0 Å². The van der Waals surface area contributed by atoms with E-state index in [1.807, 2.05) is 0 Å². The summed E-state index contributed by atoms with van der Waals surface area (Å²) in [6, 6.07) is -0.525. The topological polar surface area (TPSA) is 84.2 Å². The number of nitrogens with one attached hydrogen (secondary N) is 2. The first-order chi connectivity index (χ1) is 6.95. The van der Waals surface area contributed by atoms with Crippen LogP contribution in [0.3, 0.4) is 0 Å². The number of urea groups is 1. The summed E-state index contributed by atoms with van der Waals surface area (Å²) in [7, 11) is 0. The van der Waals surface area contributed by atoms with E-state index in [-0.39, 0.29) is 6.54 Å². The highest BCUT2D eigenvalue weighted by Gasteiger charge is 2.79. The van der Waals surface area contributed by atoms with Crippen LogP contribution in [0.1, 0.15) is 19.3 Å². The largest absolute Gasteiger partial charge is 0.328 e. The SMILES string of the molecule is NCC1(C23CC(F)(C2)C3)NC(=O)NC1=O. The van der Waals surface area contributed by atoms with Crippen LogP contribution in [0, 0.1) is 5.41 Å². The van der Waals surface area contributed by atoms with Crippen molar-refractivity contribution in [3.8, 4) is 0 Å². The molecule has 0 aromatic carbocycles. The maximum atomic E-state index is 13.4. The van der Waals surface area contributed by atoms with Crippen molar-refractivity contribution in [1.29, 1.82) is 0 Å². The standard InChI is InChI=1S/C9H12FN3O2/c10-8-1-7(2-8,3-8)9(4-11)5(14)12-6(15)13-9/h1-4,11H2,(H2,12,13,14,15). The lowest BCUT2D eigenvalue weighted by Gasteiger charge is -2.70. The van der Waals surface area contributed by atoms with Gasteiger partial charge in [0.1, 0.15) is 11.2 Å². The summed E-state index contributed by atoms with van der Waals surface area (Å²) in [6.07, 6.45) is 1.01. The number of rotatable bonds is 2. The van der Waals surface area contributed by atoms with Crippen molar-refractivity contribution >= 4 is 11.9 Å². The monoisotopic (exact) mass is 213 g/mol. The molecule has 4 rings (SSSR count). The number of halogens is 1. The third-order valence-corrected chi connectivity index (χ3v) is 4.12. The Hall–Kier alpha value is -1.17. The number of alkyl halides is 1. The van der Waals surface area contributed by atoms with Crippen LogP contribution < -0.4 is 16.4 Å². The van der Waals surface area contributed by atoms with E-state index in [1.54, 1.807) is 0 Å². The highest BCUT2D eigenvalue weighted by atomic mass is 19.1. The van der Waals surface area contributed by atoms with Crippen LogP contribution in [0.25, 0.3) is 0 Å². The second-order valence-electron chi connectivity index (χ2n) is 4.98. The first-order valence-electron chi connectivity index (χ1n) is 4.98. The number of carbonyl (C=O) groups is 2. The molecule has 6 heteroatoms. The van der Waals surface area contributed by atoms with Gasteiger partial charge in [-0.15, -0.1) is 0 Å². The lowest BCUT2D eigenvalue weighted by atomic mass is 9.36. The smallest absolute Gasteiger partial charge is 0.322 e. The van der Waals surface area contributed by atoms with Gasteiger partial charge in [0.2, 0.25) is 0 Å². The van der Waals surface area contributed by atoms with Gasteiger partial charge in [0, 0.05) is 12.0 Å². The molecule has 1 atom stereocenters. The van der Waals surface area contributed by atoms with Gasteiger partial charge < -0.3 is 11.1 Å². The van der Waals surface area contributed by atoms with Crippen molar-refractivity contribution in [2.45, 2.75) is 30.5 Å². The molecule has 1 aliphatic heterocycles. The van der Waals surface area contributed by atoms with E-state index in [2.05, 4.69) is 10.6 Å². The van der Waals surface area contributed by atoms with Crippen molar-refractivity contribution in [1.82, 2.24) is 10.6 Å². The molecule has 82 valence electrons. The summed E-state index contributed by atoms with van der Waals surface area (Å²) in [5.74, 6) is -0.406. The van der Waals surface area contributed by atoms with Gasteiger partial charge in [-0.2, -0.15) is 0 Å². The van der Waals surface area contributed by atoms with Gasteiger partial charge in [-0.3, -0.25) is 10.1 Å². The Kier molecular flexibility index (Phi) is 1.31. The fourth-order valence-corrected chi connectivity index (χ4v) is 3.34. The van der Waals surface area contributed by atoms with Crippen LogP contribution in [-0.2, 0) is 4.79 Å². The third-order valence-electron chi connectivity index (χ3n) is 4.12. The van der Waals surface area contributed by atoms with E-state index in [4.69, 9.17) is 5.73 Å². The molecule has 4 fully saturated rings. The number of imide groups is 1. The Morgan fingerprint density at radius 1 is 1.33 bits per heavy atom. The van der Waals surface area contributed by atoms with E-state index < -0.39 is 28.6 Å². The Balaban J connectivity index is 1.95. The molecule has 2 bridgehead atoms. The van der Waals surface area contributed by atoms with Gasteiger partial charge >= 0.3 is 6.03 Å². The summed E-state index contributed by atoms with van der Waals surface area (Å²) >= 11 is 0. The zero-order chi connectivity index (χ0) is 10.9. The highest BCUT2D eigenvalue weighted by Crippen LogP contribution is 2.73. The highest BCUT2D eigenvalue weighted by molar-refractivity contribution is 6.08. The average Bonchev–Trinajstić information content (AvgIpc) is 2.35. The van der Waals surface area contributed by atoms with Crippen LogP contribution in [0.5, 0.6) is 0 Å². The number of hydrogen-bond donors (Lipinski definition) is 3. The van der Waals surface area contributed by atoms with Gasteiger partial charge in [-0.05, 0) is 19.3 Å². The quantitative estimate of drug-likeness (QED) is 0.536. The van der Waals surface area contributed by atoms with Crippen LogP contribution in [-0.4, -0.2) is 29.7 Å². The van der Waals surface area contributed by atoms with Crippen molar-refractivity contribution in [2.24, 2.45) is 11.1 Å². The van der Waals surface area contributed by atoms with E-state index in [0.717, 1.165) is 0 Å². The molecule has 1 heterocycles. The zero-order valence-electron chi connectivity index (χ0n) is 8.10. The Morgan fingerprint density at radius 3 is 2.27 bits per heavy atom. The predicted molar refractivity (Wildman–Crippen MR) is 48.6 cm³/mol. The predicted octanol–water partition coefficient (Wildman–Crippen LogP) is -0.585. The molecule has 3 amide bonds. The molecule has 15 heavy (non-hydrogen) atoms. The molecule has 0 radical (unpaired) electrons. The van der Waals surface area contributed by atoms with Crippen molar-refractivity contribution in [3.63, 3.8) is 0 Å². The van der Waals surface area contributed by atoms with Gasteiger partial charge in [-0.1, -0.05) is 0 Å². The number of amides is 3. The molecule has 1 saturated heterocycles. The van der Waals surface area contributed by atoms with Crippen molar-refractivity contribution in [2.75, 3.05) is 6.54 Å². The zero-order valence-corrected chi connectivity index (χ0v) is 8.10. The van der Waals surface area contributed by atoms with Crippen molar-refractivity contribution < 1.29 is 14.0 Å². The fraction of sp³-hybridized carbons (Fsp3) is 0.778. The van der Waals surface area contributed by atoms with Crippen LogP contribution in [0.4, 0.5) is 9.18 Å². The fourth-order valence-electron chi connectivity index (χ4n) is 3.34. The lowest BCUT2D eigenvalue weighted by Crippen LogP contribution is -2.80. The molecule has 3 aliphatic carbocycles. The minimum Gasteiger partial charge on any atom is -0.328 e. The van der Waals surface area contributed by atoms with E-state index in [1.165, 1.54) is 0 Å². The average molecular weight is 213 g/mol. The van der Waals surface area contributed by atoms with Crippen LogP contribution in [0.2, 0.25) is 0 Å². The molecule has 0 aromatic heterocycles. The minimum atomic E-state index is -1.10. The normalized spacial score (nSPS) is 51.6. The molecule has 0 spiro atoms. The second kappa shape index (κ2) is 2.16. The van der Waals surface area contributed by atoms with Crippen LogP contribution >= 0.6 is 0 Å². The number of hydrogen-bond acceptors (Lipinski definition) is 3. The number of nitrogens with two attached hydrogens (primary N) is 1. The molecular formula is C9H12FN3O2. The first-order valence-corrected chi connectivity index (χ1v) is 4.98. The maximum absolute atomic E-state index is 13.4. The maximum Gasteiger partial charge on any atom is 0.322 e. The van der Waals surface area contributed by atoms with Gasteiger partial charge in [0.25, 0.3) is 5.91 Å². The first kappa shape index (κ1) is 9.08. The second-order valence-corrected chi connectivity index (χ2v) is 4.98. The molecule has 4 N–H and O–H groups in total. The number of carbonyl (C=O) groups excluding carboxylic acids is 2. The van der Waals surface area contributed by atoms with Gasteiger partial charge in [0.05, 0.1) is 0 Å². The summed E-state index contributed by atoms with van der Waals surface area (Å²) in [5.41, 5.74) is 2.98. The van der Waals surface area contributed by atoms with E-state index >= 15 is 0 Å². The Morgan fingerprint density at radius 2 is 1.93 bits per heavy atom. The van der Waals surface area contributed by atoms with E-state index in [0.29, 0.717) is 19.3 Å². The third kappa shape index (κ3) is 0.783. The molecule has 0 aromatic rings. The van der Waals surface area contributed by atoms with Gasteiger partial charge in [0.15, 0.2) is 0 Å². The summed E-state index contributed by atoms with van der Waals surface area (Å²) in [6.45, 7) is 0.0284. The summed E-state index contributed by atoms with van der Waals surface area (Å²) in [5, 5.41) is 4.75. The molecular weight excluding hydrogens is 201 g/mol. The van der Waals surface area contributed by atoms with E-state index in [9.17, 15) is 14.0 Å². The molecule has 5 nitrogen and oxygen atoms in total.